The first-order valence-corrected chi connectivity index (χ1v) is 12.7. The summed E-state index contributed by atoms with van der Waals surface area (Å²) >= 11 is 0. The zero-order chi connectivity index (χ0) is 21.8. The summed E-state index contributed by atoms with van der Waals surface area (Å²) in [5, 5.41) is 18.6. The molecular weight excluding hydrogens is 439 g/mol. The predicted octanol–water partition coefficient (Wildman–Crippen LogP) is 2.54. The number of hydrogen-bond acceptors (Lipinski definition) is 2. The average molecular weight is 458 g/mol. The van der Waals surface area contributed by atoms with Crippen molar-refractivity contribution in [2.24, 2.45) is 0 Å². The summed E-state index contributed by atoms with van der Waals surface area (Å²) in [6.45, 7) is 0. The van der Waals surface area contributed by atoms with Gasteiger partial charge in [0.2, 0.25) is 0 Å². The molecule has 0 spiro atoms. The summed E-state index contributed by atoms with van der Waals surface area (Å²) in [6.07, 6.45) is -17.9. The fourth-order valence-corrected chi connectivity index (χ4v) is 7.40. The Morgan fingerprint density at radius 1 is 0.643 bits per heavy atom. The quantitative estimate of drug-likeness (QED) is 0.465. The number of halogens is 9. The van der Waals surface area contributed by atoms with E-state index >= 15 is 0 Å². The summed E-state index contributed by atoms with van der Waals surface area (Å²) in [4.78, 5) is 0. The maximum atomic E-state index is 13.2. The standard InChI is InChI=1S/C15H19F9O2Si2/c16-13(17,18)1-3-27(8-25)11-5-10(15(22,23)24)6-12(7-11)28(9-26)4-2-14(19,20)21/h5-7,25-28H,1-4,8-9H2. The van der Waals surface area contributed by atoms with Crippen LogP contribution >= 0.6 is 0 Å². The molecule has 1 aromatic rings. The lowest BCUT2D eigenvalue weighted by molar-refractivity contribution is -0.137. The van der Waals surface area contributed by atoms with Gasteiger partial charge in [0.1, 0.15) is 17.6 Å². The van der Waals surface area contributed by atoms with Gasteiger partial charge in [0, 0.05) is 25.3 Å². The first-order valence-electron chi connectivity index (χ1n) is 8.23. The lowest BCUT2D eigenvalue weighted by Crippen LogP contribution is -2.43. The highest BCUT2D eigenvalue weighted by molar-refractivity contribution is 6.76. The monoisotopic (exact) mass is 458 g/mol. The molecule has 2 unspecified atom stereocenters. The minimum absolute atomic E-state index is 0.102. The van der Waals surface area contributed by atoms with Crippen LogP contribution in [0.4, 0.5) is 39.5 Å². The first kappa shape index (κ1) is 25.0. The summed E-state index contributed by atoms with van der Waals surface area (Å²) in [6, 6.07) is 1.38. The molecule has 2 atom stereocenters. The molecule has 2 N–H and O–H groups in total. The normalized spacial score (nSPS) is 15.5. The Morgan fingerprint density at radius 3 is 1.25 bits per heavy atom. The molecule has 0 fully saturated rings. The van der Waals surface area contributed by atoms with E-state index in [1.165, 1.54) is 0 Å². The summed E-state index contributed by atoms with van der Waals surface area (Å²) < 4.78 is 114. The Balaban J connectivity index is 3.27. The lowest BCUT2D eigenvalue weighted by Gasteiger charge is -2.21. The molecule has 0 aromatic heterocycles. The average Bonchev–Trinajstić information content (AvgIpc) is 2.53. The largest absolute Gasteiger partial charge is 0.416 e. The van der Waals surface area contributed by atoms with Crippen LogP contribution in [-0.2, 0) is 6.18 Å². The number of rotatable bonds is 8. The number of hydrogen-bond donors (Lipinski definition) is 2. The topological polar surface area (TPSA) is 40.5 Å². The molecule has 1 aromatic carbocycles. The minimum Gasteiger partial charge on any atom is -0.400 e. The Labute approximate surface area is 158 Å². The van der Waals surface area contributed by atoms with Gasteiger partial charge in [0.05, 0.1) is 5.56 Å². The molecular formula is C15H19F9O2Si2. The third-order valence-corrected chi connectivity index (χ3v) is 9.65. The molecule has 0 radical (unpaired) electrons. The molecule has 0 saturated heterocycles. The van der Waals surface area contributed by atoms with Crippen LogP contribution in [0.1, 0.15) is 18.4 Å². The van der Waals surface area contributed by atoms with Crippen LogP contribution in [-0.4, -0.2) is 52.6 Å². The van der Waals surface area contributed by atoms with E-state index in [0.29, 0.717) is 12.1 Å². The Morgan fingerprint density at radius 2 is 1.00 bits per heavy atom. The zero-order valence-electron chi connectivity index (χ0n) is 14.4. The van der Waals surface area contributed by atoms with Crippen LogP contribution in [0.3, 0.4) is 0 Å². The zero-order valence-corrected chi connectivity index (χ0v) is 16.7. The van der Waals surface area contributed by atoms with Crippen molar-refractivity contribution in [1.29, 1.82) is 0 Å². The van der Waals surface area contributed by atoms with E-state index < -0.39 is 79.1 Å². The molecule has 0 bridgehead atoms. The molecule has 28 heavy (non-hydrogen) atoms. The molecule has 0 amide bonds. The second kappa shape index (κ2) is 9.63. The molecule has 0 saturated carbocycles. The number of benzene rings is 1. The first-order chi connectivity index (χ1) is 12.7. The molecule has 13 heteroatoms. The van der Waals surface area contributed by atoms with Crippen LogP contribution in [0.15, 0.2) is 18.2 Å². The van der Waals surface area contributed by atoms with Crippen LogP contribution in [0.25, 0.3) is 0 Å². The number of aliphatic hydroxyl groups excluding tert-OH is 2. The van der Waals surface area contributed by atoms with Crippen molar-refractivity contribution >= 4 is 28.0 Å². The molecule has 0 aliphatic carbocycles. The third kappa shape index (κ3) is 8.53. The Bertz CT molecular complexity index is 585. The highest BCUT2D eigenvalue weighted by atomic mass is 28.3. The van der Waals surface area contributed by atoms with Gasteiger partial charge >= 0.3 is 18.5 Å². The van der Waals surface area contributed by atoms with Gasteiger partial charge in [0.15, 0.2) is 0 Å². The molecule has 0 aliphatic rings. The fourth-order valence-electron chi connectivity index (χ4n) is 2.71. The van der Waals surface area contributed by atoms with Gasteiger partial charge < -0.3 is 10.2 Å². The van der Waals surface area contributed by atoms with Gasteiger partial charge in [-0.1, -0.05) is 28.6 Å². The lowest BCUT2D eigenvalue weighted by atomic mass is 10.2. The summed E-state index contributed by atoms with van der Waals surface area (Å²) in [5.74, 6) is 0. The van der Waals surface area contributed by atoms with Crippen molar-refractivity contribution in [3.05, 3.63) is 23.8 Å². The van der Waals surface area contributed by atoms with Crippen molar-refractivity contribution in [3.63, 3.8) is 0 Å². The second-order valence-electron chi connectivity index (χ2n) is 6.45. The van der Waals surface area contributed by atoms with Crippen LogP contribution in [0, 0.1) is 0 Å². The van der Waals surface area contributed by atoms with E-state index in [-0.39, 0.29) is 10.4 Å². The Kier molecular flexibility index (Phi) is 8.59. The minimum atomic E-state index is -4.86. The van der Waals surface area contributed by atoms with Gasteiger partial charge in [-0.15, -0.1) is 0 Å². The maximum absolute atomic E-state index is 13.2. The van der Waals surface area contributed by atoms with Gasteiger partial charge in [-0.05, 0) is 12.1 Å². The van der Waals surface area contributed by atoms with E-state index in [1.54, 1.807) is 0 Å². The molecule has 0 aliphatic heterocycles. The molecule has 162 valence electrons. The van der Waals surface area contributed by atoms with Crippen molar-refractivity contribution in [2.75, 3.05) is 12.5 Å². The second-order valence-corrected chi connectivity index (χ2v) is 12.5. The molecule has 1 rings (SSSR count). The smallest absolute Gasteiger partial charge is 0.400 e. The van der Waals surface area contributed by atoms with E-state index in [0.717, 1.165) is 6.07 Å². The summed E-state index contributed by atoms with van der Waals surface area (Å²) in [7, 11) is -5.70. The van der Waals surface area contributed by atoms with Gasteiger partial charge in [-0.3, -0.25) is 0 Å². The SMILES string of the molecule is OC[SiH](CCC(F)(F)F)c1cc([SiH](CO)CCC(F)(F)F)cc(C(F)(F)F)c1. The summed E-state index contributed by atoms with van der Waals surface area (Å²) in [5.41, 5.74) is -1.20. The predicted molar refractivity (Wildman–Crippen MR) is 90.1 cm³/mol. The van der Waals surface area contributed by atoms with Crippen LogP contribution in [0.5, 0.6) is 0 Å². The maximum Gasteiger partial charge on any atom is 0.416 e. The van der Waals surface area contributed by atoms with Gasteiger partial charge in [-0.25, -0.2) is 0 Å². The molecule has 0 heterocycles. The van der Waals surface area contributed by atoms with Crippen molar-refractivity contribution < 1.29 is 49.7 Å². The van der Waals surface area contributed by atoms with Gasteiger partial charge in [0.25, 0.3) is 0 Å². The fraction of sp³-hybridized carbons (Fsp3) is 0.600. The van der Waals surface area contributed by atoms with Crippen LogP contribution in [0.2, 0.25) is 12.1 Å². The highest BCUT2D eigenvalue weighted by Gasteiger charge is 2.35. The van der Waals surface area contributed by atoms with Gasteiger partial charge in [-0.2, -0.15) is 39.5 Å². The molecule has 2 nitrogen and oxygen atoms in total. The van der Waals surface area contributed by atoms with Crippen LogP contribution < -0.4 is 10.4 Å². The number of alkyl halides is 9. The van der Waals surface area contributed by atoms with Crippen molar-refractivity contribution in [1.82, 2.24) is 0 Å². The van der Waals surface area contributed by atoms with E-state index in [9.17, 15) is 49.7 Å². The Hall–Kier alpha value is -1.06. The van der Waals surface area contributed by atoms with Crippen molar-refractivity contribution in [3.8, 4) is 0 Å². The van der Waals surface area contributed by atoms with E-state index in [4.69, 9.17) is 0 Å². The van der Waals surface area contributed by atoms with E-state index in [2.05, 4.69) is 0 Å². The number of aliphatic hydroxyl groups is 2. The van der Waals surface area contributed by atoms with Crippen molar-refractivity contribution in [2.45, 2.75) is 43.5 Å². The highest BCUT2D eigenvalue weighted by Crippen LogP contribution is 2.29. The van der Waals surface area contributed by atoms with E-state index in [1.807, 2.05) is 0 Å². The third-order valence-electron chi connectivity index (χ3n) is 4.24.